The van der Waals surface area contributed by atoms with Crippen molar-refractivity contribution < 1.29 is 9.90 Å². The molecule has 0 radical (unpaired) electrons. The molecule has 1 heterocycles. The van der Waals surface area contributed by atoms with Gasteiger partial charge in [0.2, 0.25) is 0 Å². The molecule has 0 saturated heterocycles. The summed E-state index contributed by atoms with van der Waals surface area (Å²) in [6.07, 6.45) is 1.66. The first-order valence-electron chi connectivity index (χ1n) is 11.0. The number of benzene rings is 3. The Balaban J connectivity index is 1.59. The van der Waals surface area contributed by atoms with Gasteiger partial charge in [0, 0.05) is 18.9 Å². The topological polar surface area (TPSA) is 68.0 Å². The Labute approximate surface area is 188 Å². The fraction of sp³-hybridized carbons (Fsp3) is 0.222. The molecule has 0 spiro atoms. The lowest BCUT2D eigenvalue weighted by Crippen LogP contribution is -2.06. The van der Waals surface area contributed by atoms with Crippen molar-refractivity contribution in [3.05, 3.63) is 107 Å². The van der Waals surface area contributed by atoms with Gasteiger partial charge in [-0.25, -0.2) is 14.5 Å². The summed E-state index contributed by atoms with van der Waals surface area (Å²) in [4.78, 5) is 16.4. The minimum atomic E-state index is -0.919. The second kappa shape index (κ2) is 9.60. The van der Waals surface area contributed by atoms with Crippen LogP contribution in [0.5, 0.6) is 0 Å². The zero-order valence-corrected chi connectivity index (χ0v) is 18.4. The largest absolute Gasteiger partial charge is 0.478 e. The van der Waals surface area contributed by atoms with Gasteiger partial charge in [-0.15, -0.1) is 0 Å². The molecule has 4 rings (SSSR count). The monoisotopic (exact) mass is 425 g/mol. The molecule has 0 fully saturated rings. The Morgan fingerprint density at radius 2 is 1.66 bits per heavy atom. The van der Waals surface area contributed by atoms with E-state index >= 15 is 0 Å². The molecule has 32 heavy (non-hydrogen) atoms. The second-order valence-electron chi connectivity index (χ2n) is 7.97. The number of carboxylic acids is 1. The summed E-state index contributed by atoms with van der Waals surface area (Å²) in [6, 6.07) is 25.4. The van der Waals surface area contributed by atoms with Crippen LogP contribution in [0.1, 0.15) is 59.3 Å². The number of aromatic nitrogens is 3. The van der Waals surface area contributed by atoms with Gasteiger partial charge in [-0.05, 0) is 34.7 Å². The molecule has 5 heteroatoms. The van der Waals surface area contributed by atoms with Crippen LogP contribution in [0.4, 0.5) is 0 Å². The fourth-order valence-electron chi connectivity index (χ4n) is 3.90. The van der Waals surface area contributed by atoms with E-state index in [2.05, 4.69) is 26.0 Å². The van der Waals surface area contributed by atoms with E-state index in [-0.39, 0.29) is 5.92 Å². The van der Waals surface area contributed by atoms with Crippen molar-refractivity contribution in [3.63, 3.8) is 0 Å². The minimum absolute atomic E-state index is 0.128. The van der Waals surface area contributed by atoms with E-state index in [0.29, 0.717) is 12.0 Å². The highest BCUT2D eigenvalue weighted by Gasteiger charge is 2.17. The summed E-state index contributed by atoms with van der Waals surface area (Å²) in [5.41, 5.74) is 4.24. The van der Waals surface area contributed by atoms with E-state index in [1.165, 1.54) is 5.56 Å². The lowest BCUT2D eigenvalue weighted by atomic mass is 9.98. The number of aromatic carboxylic acids is 1. The summed E-state index contributed by atoms with van der Waals surface area (Å²) >= 11 is 0. The summed E-state index contributed by atoms with van der Waals surface area (Å²) in [5, 5.41) is 14.3. The SMILES string of the molecule is CCCn1nc(C(C)c2ccccc2)nc1Cc1ccc(-c2ccccc2C(=O)O)cc1. The zero-order chi connectivity index (χ0) is 22.5. The van der Waals surface area contributed by atoms with Crippen LogP contribution in [0, 0.1) is 0 Å². The van der Waals surface area contributed by atoms with E-state index in [0.717, 1.165) is 41.3 Å². The highest BCUT2D eigenvalue weighted by Crippen LogP contribution is 2.26. The molecular weight excluding hydrogens is 398 g/mol. The summed E-state index contributed by atoms with van der Waals surface area (Å²) in [7, 11) is 0. The molecular formula is C27H27N3O2. The van der Waals surface area contributed by atoms with Gasteiger partial charge in [0.25, 0.3) is 0 Å². The molecule has 0 bridgehead atoms. The van der Waals surface area contributed by atoms with Gasteiger partial charge in [-0.2, -0.15) is 5.10 Å². The molecule has 1 atom stereocenters. The van der Waals surface area contributed by atoms with Gasteiger partial charge >= 0.3 is 5.97 Å². The quantitative estimate of drug-likeness (QED) is 0.388. The number of nitrogens with zero attached hydrogens (tertiary/aromatic N) is 3. The summed E-state index contributed by atoms with van der Waals surface area (Å²) < 4.78 is 2.02. The number of hydrogen-bond donors (Lipinski definition) is 1. The van der Waals surface area contributed by atoms with E-state index < -0.39 is 5.97 Å². The van der Waals surface area contributed by atoms with Gasteiger partial charge < -0.3 is 5.11 Å². The van der Waals surface area contributed by atoms with Crippen molar-refractivity contribution >= 4 is 5.97 Å². The third-order valence-corrected chi connectivity index (χ3v) is 5.67. The van der Waals surface area contributed by atoms with Gasteiger partial charge in [0.1, 0.15) is 5.82 Å². The molecule has 162 valence electrons. The molecule has 0 aliphatic carbocycles. The normalized spacial score (nSPS) is 11.9. The van der Waals surface area contributed by atoms with E-state index in [4.69, 9.17) is 10.1 Å². The molecule has 5 nitrogen and oxygen atoms in total. The Bertz CT molecular complexity index is 1200. The lowest BCUT2D eigenvalue weighted by Gasteiger charge is -2.08. The Kier molecular flexibility index (Phi) is 6.45. The maximum Gasteiger partial charge on any atom is 0.336 e. The summed E-state index contributed by atoms with van der Waals surface area (Å²) in [6.45, 7) is 5.10. The van der Waals surface area contributed by atoms with Crippen LogP contribution in [-0.2, 0) is 13.0 Å². The number of rotatable bonds is 8. The number of carboxylic acid groups (broad SMARTS) is 1. The molecule has 0 amide bonds. The smallest absolute Gasteiger partial charge is 0.336 e. The van der Waals surface area contributed by atoms with Crippen molar-refractivity contribution in [2.24, 2.45) is 0 Å². The maximum absolute atomic E-state index is 11.5. The van der Waals surface area contributed by atoms with E-state index in [1.54, 1.807) is 12.1 Å². The van der Waals surface area contributed by atoms with Gasteiger partial charge in [0.05, 0.1) is 5.56 Å². The highest BCUT2D eigenvalue weighted by molar-refractivity contribution is 5.95. The third kappa shape index (κ3) is 4.62. The zero-order valence-electron chi connectivity index (χ0n) is 18.4. The lowest BCUT2D eigenvalue weighted by molar-refractivity contribution is 0.0697. The standard InChI is InChI=1S/C27H27N3O2/c1-3-17-30-25(28-26(29-30)19(2)21-9-5-4-6-10-21)18-20-13-15-22(16-14-20)23-11-7-8-12-24(23)27(31)32/h4-16,19H,3,17-18H2,1-2H3,(H,31,32). The summed E-state index contributed by atoms with van der Waals surface area (Å²) in [5.74, 6) is 0.996. The van der Waals surface area contributed by atoms with Gasteiger partial charge in [-0.3, -0.25) is 0 Å². The van der Waals surface area contributed by atoms with Crippen molar-refractivity contribution in [1.29, 1.82) is 0 Å². The van der Waals surface area contributed by atoms with Gasteiger partial charge in [0.15, 0.2) is 5.82 Å². The number of hydrogen-bond acceptors (Lipinski definition) is 3. The molecule has 1 unspecified atom stereocenters. The average Bonchev–Trinajstić information content (AvgIpc) is 3.22. The first kappa shape index (κ1) is 21.5. The average molecular weight is 426 g/mol. The number of carbonyl (C=O) groups is 1. The van der Waals surface area contributed by atoms with Crippen molar-refractivity contribution in [3.8, 4) is 11.1 Å². The molecule has 3 aromatic carbocycles. The Hall–Kier alpha value is -3.73. The van der Waals surface area contributed by atoms with Gasteiger partial charge in [-0.1, -0.05) is 86.6 Å². The first-order valence-corrected chi connectivity index (χ1v) is 11.0. The van der Waals surface area contributed by atoms with Crippen LogP contribution in [0.2, 0.25) is 0 Å². The van der Waals surface area contributed by atoms with Crippen molar-refractivity contribution in [2.45, 2.75) is 39.2 Å². The predicted molar refractivity (Wildman–Crippen MR) is 126 cm³/mol. The van der Waals surface area contributed by atoms with E-state index in [1.807, 2.05) is 59.3 Å². The molecule has 0 aliphatic rings. The second-order valence-corrected chi connectivity index (χ2v) is 7.97. The molecule has 1 N–H and O–H groups in total. The van der Waals surface area contributed by atoms with Crippen LogP contribution in [-0.4, -0.2) is 25.8 Å². The molecule has 0 saturated carbocycles. The Morgan fingerprint density at radius 3 is 2.34 bits per heavy atom. The van der Waals surface area contributed by atoms with Crippen molar-refractivity contribution in [1.82, 2.24) is 14.8 Å². The Morgan fingerprint density at radius 1 is 0.969 bits per heavy atom. The minimum Gasteiger partial charge on any atom is -0.478 e. The van der Waals surface area contributed by atoms with Crippen molar-refractivity contribution in [2.75, 3.05) is 0 Å². The van der Waals surface area contributed by atoms with Crippen LogP contribution in [0.15, 0.2) is 78.9 Å². The molecule has 1 aromatic heterocycles. The maximum atomic E-state index is 11.5. The fourth-order valence-corrected chi connectivity index (χ4v) is 3.90. The van der Waals surface area contributed by atoms with Crippen LogP contribution in [0.25, 0.3) is 11.1 Å². The van der Waals surface area contributed by atoms with Crippen LogP contribution >= 0.6 is 0 Å². The van der Waals surface area contributed by atoms with Crippen LogP contribution in [0.3, 0.4) is 0 Å². The van der Waals surface area contributed by atoms with E-state index in [9.17, 15) is 9.90 Å². The highest BCUT2D eigenvalue weighted by atomic mass is 16.4. The predicted octanol–water partition coefficient (Wildman–Crippen LogP) is 5.80. The molecule has 4 aromatic rings. The van der Waals surface area contributed by atoms with Crippen LogP contribution < -0.4 is 0 Å². The molecule has 0 aliphatic heterocycles. The first-order chi connectivity index (χ1) is 15.6. The number of aryl methyl sites for hydroxylation is 1. The third-order valence-electron chi connectivity index (χ3n) is 5.67.